The lowest BCUT2D eigenvalue weighted by molar-refractivity contribution is -0.372. The SMILES string of the molecule is COC(C)O[C@H]1C[C@@H](OC)O[C@@H]2COC(C)(C)O[C@@H]12. The van der Waals surface area contributed by atoms with Crippen LogP contribution in [-0.2, 0) is 28.4 Å². The lowest BCUT2D eigenvalue weighted by atomic mass is 9.99. The predicted molar refractivity (Wildman–Crippen MR) is 66.5 cm³/mol. The minimum atomic E-state index is -0.623. The van der Waals surface area contributed by atoms with Crippen molar-refractivity contribution in [1.82, 2.24) is 0 Å². The topological polar surface area (TPSA) is 55.4 Å². The highest BCUT2D eigenvalue weighted by atomic mass is 16.8. The zero-order chi connectivity index (χ0) is 14.0. The Hall–Kier alpha value is -0.240. The molecule has 0 N–H and O–H groups in total. The van der Waals surface area contributed by atoms with Gasteiger partial charge in [0, 0.05) is 20.6 Å². The van der Waals surface area contributed by atoms with Gasteiger partial charge in [0.25, 0.3) is 0 Å². The standard InChI is InChI=1S/C13H24O6/c1-8(14-4)17-9-6-11(15-5)18-10-7-16-13(2,3)19-12(9)10/h8-12H,6-7H2,1-5H3/t8?,9-,10+,11-,12-/m0/s1. The molecule has 0 amide bonds. The quantitative estimate of drug-likeness (QED) is 0.721. The average molecular weight is 276 g/mol. The largest absolute Gasteiger partial charge is 0.356 e. The minimum Gasteiger partial charge on any atom is -0.356 e. The molecular formula is C13H24O6. The number of hydrogen-bond donors (Lipinski definition) is 0. The van der Waals surface area contributed by atoms with Crippen LogP contribution in [-0.4, -0.2) is 57.5 Å². The molecule has 0 aromatic rings. The Bertz CT molecular complexity index is 293. The van der Waals surface area contributed by atoms with Crippen molar-refractivity contribution in [3.8, 4) is 0 Å². The molecule has 19 heavy (non-hydrogen) atoms. The summed E-state index contributed by atoms with van der Waals surface area (Å²) in [5, 5.41) is 0. The molecule has 0 spiro atoms. The van der Waals surface area contributed by atoms with E-state index in [4.69, 9.17) is 28.4 Å². The third-order valence-corrected chi connectivity index (χ3v) is 3.46. The lowest BCUT2D eigenvalue weighted by Crippen LogP contribution is -2.60. The minimum absolute atomic E-state index is 0.137. The first-order chi connectivity index (χ1) is 8.95. The maximum atomic E-state index is 5.95. The molecule has 2 fully saturated rings. The molecule has 0 aromatic carbocycles. The third-order valence-electron chi connectivity index (χ3n) is 3.46. The summed E-state index contributed by atoms with van der Waals surface area (Å²) in [7, 11) is 3.24. The summed E-state index contributed by atoms with van der Waals surface area (Å²) >= 11 is 0. The van der Waals surface area contributed by atoms with Crippen molar-refractivity contribution in [3.05, 3.63) is 0 Å². The first-order valence-corrected chi connectivity index (χ1v) is 6.63. The summed E-state index contributed by atoms with van der Waals surface area (Å²) in [5.74, 6) is -0.623. The van der Waals surface area contributed by atoms with Crippen molar-refractivity contribution in [2.75, 3.05) is 20.8 Å². The zero-order valence-electron chi connectivity index (χ0n) is 12.3. The highest BCUT2D eigenvalue weighted by Crippen LogP contribution is 2.34. The van der Waals surface area contributed by atoms with Crippen molar-refractivity contribution >= 4 is 0 Å². The summed E-state index contributed by atoms with van der Waals surface area (Å²) in [5.41, 5.74) is 0. The first kappa shape index (κ1) is 15.2. The van der Waals surface area contributed by atoms with E-state index in [9.17, 15) is 0 Å². The maximum absolute atomic E-state index is 5.95. The molecule has 6 heteroatoms. The van der Waals surface area contributed by atoms with Gasteiger partial charge in [-0.25, -0.2) is 0 Å². The van der Waals surface area contributed by atoms with E-state index in [1.165, 1.54) is 0 Å². The number of ether oxygens (including phenoxy) is 6. The molecule has 0 radical (unpaired) electrons. The summed E-state index contributed by atoms with van der Waals surface area (Å²) in [6.07, 6.45) is -0.476. The monoisotopic (exact) mass is 276 g/mol. The van der Waals surface area contributed by atoms with Gasteiger partial charge >= 0.3 is 0 Å². The Morgan fingerprint density at radius 1 is 1.26 bits per heavy atom. The Labute approximate surface area is 114 Å². The van der Waals surface area contributed by atoms with Gasteiger partial charge in [0.1, 0.15) is 12.2 Å². The maximum Gasteiger partial charge on any atom is 0.163 e. The van der Waals surface area contributed by atoms with Crippen LogP contribution >= 0.6 is 0 Å². The van der Waals surface area contributed by atoms with Crippen LogP contribution in [0.5, 0.6) is 0 Å². The second-order valence-electron chi connectivity index (χ2n) is 5.35. The van der Waals surface area contributed by atoms with Gasteiger partial charge in [-0.1, -0.05) is 0 Å². The number of fused-ring (bicyclic) bond motifs is 1. The van der Waals surface area contributed by atoms with Gasteiger partial charge in [-0.15, -0.1) is 0 Å². The Kier molecular flexibility index (Phi) is 4.81. The van der Waals surface area contributed by atoms with Gasteiger partial charge in [-0.3, -0.25) is 0 Å². The van der Waals surface area contributed by atoms with Gasteiger partial charge in [-0.2, -0.15) is 0 Å². The van der Waals surface area contributed by atoms with Crippen LogP contribution in [0.25, 0.3) is 0 Å². The molecule has 5 atom stereocenters. The Balaban J connectivity index is 2.07. The molecule has 112 valence electrons. The van der Waals surface area contributed by atoms with E-state index >= 15 is 0 Å². The van der Waals surface area contributed by atoms with E-state index in [1.807, 2.05) is 20.8 Å². The van der Waals surface area contributed by atoms with Crippen LogP contribution in [0.2, 0.25) is 0 Å². The van der Waals surface area contributed by atoms with Crippen LogP contribution in [0.3, 0.4) is 0 Å². The van der Waals surface area contributed by atoms with E-state index in [0.717, 1.165) is 0 Å². The fourth-order valence-electron chi connectivity index (χ4n) is 2.41. The van der Waals surface area contributed by atoms with Gasteiger partial charge in [0.2, 0.25) is 0 Å². The molecule has 0 bridgehead atoms. The molecule has 2 rings (SSSR count). The highest BCUT2D eigenvalue weighted by molar-refractivity contribution is 4.89. The van der Waals surface area contributed by atoms with Crippen molar-refractivity contribution in [2.24, 2.45) is 0 Å². The van der Waals surface area contributed by atoms with Crippen molar-refractivity contribution in [3.63, 3.8) is 0 Å². The molecule has 2 aliphatic rings. The molecule has 6 nitrogen and oxygen atoms in total. The molecule has 2 heterocycles. The van der Waals surface area contributed by atoms with Gasteiger partial charge in [-0.05, 0) is 20.8 Å². The summed E-state index contributed by atoms with van der Waals surface area (Å²) in [4.78, 5) is 0. The predicted octanol–water partition coefficient (Wildman–Crippen LogP) is 1.28. The second kappa shape index (κ2) is 6.03. The summed E-state index contributed by atoms with van der Waals surface area (Å²) in [6.45, 7) is 6.11. The molecule has 2 aliphatic heterocycles. The third kappa shape index (κ3) is 3.65. The van der Waals surface area contributed by atoms with E-state index in [2.05, 4.69) is 0 Å². The van der Waals surface area contributed by atoms with Crippen LogP contribution in [0.15, 0.2) is 0 Å². The Morgan fingerprint density at radius 3 is 2.63 bits per heavy atom. The number of rotatable bonds is 4. The molecule has 2 saturated heterocycles. The van der Waals surface area contributed by atoms with Crippen molar-refractivity contribution < 1.29 is 28.4 Å². The molecule has 0 aliphatic carbocycles. The Morgan fingerprint density at radius 2 is 2.00 bits per heavy atom. The summed E-state index contributed by atoms with van der Waals surface area (Å²) < 4.78 is 33.7. The molecule has 0 aromatic heterocycles. The van der Waals surface area contributed by atoms with Crippen LogP contribution in [0.4, 0.5) is 0 Å². The fourth-order valence-corrected chi connectivity index (χ4v) is 2.41. The number of methoxy groups -OCH3 is 2. The van der Waals surface area contributed by atoms with Gasteiger partial charge < -0.3 is 28.4 Å². The van der Waals surface area contributed by atoms with Crippen LogP contribution in [0.1, 0.15) is 27.2 Å². The highest BCUT2D eigenvalue weighted by Gasteiger charge is 2.47. The van der Waals surface area contributed by atoms with Crippen LogP contribution in [0, 0.1) is 0 Å². The molecular weight excluding hydrogens is 252 g/mol. The normalized spacial score (nSPS) is 39.6. The lowest BCUT2D eigenvalue weighted by Gasteiger charge is -2.48. The zero-order valence-corrected chi connectivity index (χ0v) is 12.3. The smallest absolute Gasteiger partial charge is 0.163 e. The van der Waals surface area contributed by atoms with E-state index < -0.39 is 5.79 Å². The van der Waals surface area contributed by atoms with E-state index in [1.54, 1.807) is 14.2 Å². The van der Waals surface area contributed by atoms with E-state index in [-0.39, 0.29) is 30.9 Å². The second-order valence-corrected chi connectivity index (χ2v) is 5.35. The first-order valence-electron chi connectivity index (χ1n) is 6.63. The molecule has 1 unspecified atom stereocenters. The van der Waals surface area contributed by atoms with Crippen molar-refractivity contribution in [1.29, 1.82) is 0 Å². The van der Waals surface area contributed by atoms with Crippen LogP contribution < -0.4 is 0 Å². The number of hydrogen-bond acceptors (Lipinski definition) is 6. The summed E-state index contributed by atoms with van der Waals surface area (Å²) in [6, 6.07) is 0. The molecule has 0 saturated carbocycles. The average Bonchev–Trinajstić information content (AvgIpc) is 2.38. The van der Waals surface area contributed by atoms with E-state index in [0.29, 0.717) is 13.0 Å². The van der Waals surface area contributed by atoms with Gasteiger partial charge in [0.15, 0.2) is 18.4 Å². The van der Waals surface area contributed by atoms with Gasteiger partial charge in [0.05, 0.1) is 12.7 Å². The fraction of sp³-hybridized carbons (Fsp3) is 1.00. The van der Waals surface area contributed by atoms with Crippen molar-refractivity contribution in [2.45, 2.75) is 63.9 Å².